The first-order valence-corrected chi connectivity index (χ1v) is 8.51. The van der Waals surface area contributed by atoms with Crippen LogP contribution in [0.4, 0.5) is 5.82 Å². The van der Waals surface area contributed by atoms with Crippen molar-refractivity contribution in [2.75, 3.05) is 31.1 Å². The van der Waals surface area contributed by atoms with Gasteiger partial charge in [0.05, 0.1) is 23.1 Å². The second-order valence-electron chi connectivity index (χ2n) is 6.40. The number of hydrogen-bond acceptors (Lipinski definition) is 5. The van der Waals surface area contributed by atoms with Crippen LogP contribution in [0.15, 0.2) is 36.4 Å². The summed E-state index contributed by atoms with van der Waals surface area (Å²) in [5, 5.41) is 9.32. The highest BCUT2D eigenvalue weighted by Crippen LogP contribution is 2.20. The molecule has 0 saturated carbocycles. The molecule has 0 bridgehead atoms. The van der Waals surface area contributed by atoms with Gasteiger partial charge < -0.3 is 9.88 Å². The predicted molar refractivity (Wildman–Crippen MR) is 97.3 cm³/mol. The Balaban J connectivity index is 1.43. The molecule has 3 aromatic rings. The van der Waals surface area contributed by atoms with Crippen LogP contribution in [-0.2, 0) is 6.54 Å². The van der Waals surface area contributed by atoms with Crippen molar-refractivity contribution in [2.45, 2.75) is 13.5 Å². The first kappa shape index (κ1) is 15.6. The number of H-pyrrole nitrogens is 1. The van der Waals surface area contributed by atoms with Gasteiger partial charge in [-0.1, -0.05) is 12.1 Å². The number of nitrogens with one attached hydrogen (secondary N) is 1. The molecule has 4 rings (SSSR count). The lowest BCUT2D eigenvalue weighted by Crippen LogP contribution is -2.46. The normalized spacial score (nSPS) is 15.4. The Morgan fingerprint density at radius 3 is 2.64 bits per heavy atom. The average molecular weight is 332 g/mol. The predicted octanol–water partition coefficient (Wildman–Crippen LogP) is 2.46. The number of fused-ring (bicyclic) bond motifs is 1. The second-order valence-corrected chi connectivity index (χ2v) is 6.40. The van der Waals surface area contributed by atoms with E-state index in [1.54, 1.807) is 0 Å². The maximum Gasteiger partial charge on any atom is 0.146 e. The highest BCUT2D eigenvalue weighted by atomic mass is 15.3. The molecule has 1 saturated heterocycles. The van der Waals surface area contributed by atoms with Crippen molar-refractivity contribution < 1.29 is 0 Å². The Kier molecular flexibility index (Phi) is 4.08. The highest BCUT2D eigenvalue weighted by Gasteiger charge is 2.21. The van der Waals surface area contributed by atoms with E-state index in [1.165, 1.54) is 0 Å². The van der Waals surface area contributed by atoms with E-state index < -0.39 is 0 Å². The smallest absolute Gasteiger partial charge is 0.146 e. The summed E-state index contributed by atoms with van der Waals surface area (Å²) in [7, 11) is 0. The van der Waals surface area contributed by atoms with Gasteiger partial charge in [-0.15, -0.1) is 0 Å². The molecule has 1 aliphatic rings. The number of para-hydroxylation sites is 2. The molecule has 1 fully saturated rings. The fourth-order valence-corrected chi connectivity index (χ4v) is 3.28. The molecule has 25 heavy (non-hydrogen) atoms. The summed E-state index contributed by atoms with van der Waals surface area (Å²) in [6.45, 7) is 6.36. The van der Waals surface area contributed by atoms with Gasteiger partial charge in [0.25, 0.3) is 0 Å². The molecule has 0 spiro atoms. The van der Waals surface area contributed by atoms with E-state index in [0.29, 0.717) is 5.56 Å². The number of rotatable bonds is 3. The fraction of sp³-hybridized carbons (Fsp3) is 0.316. The van der Waals surface area contributed by atoms with E-state index in [1.807, 2.05) is 37.3 Å². The maximum atomic E-state index is 9.32. The Morgan fingerprint density at radius 2 is 1.88 bits per heavy atom. The van der Waals surface area contributed by atoms with Crippen LogP contribution in [-0.4, -0.2) is 46.0 Å². The number of benzene rings is 1. The van der Waals surface area contributed by atoms with Crippen LogP contribution in [0.1, 0.15) is 17.1 Å². The van der Waals surface area contributed by atoms with Crippen LogP contribution in [0.3, 0.4) is 0 Å². The van der Waals surface area contributed by atoms with Crippen LogP contribution in [0.5, 0.6) is 0 Å². The minimum absolute atomic E-state index is 0.649. The van der Waals surface area contributed by atoms with Gasteiger partial charge in [-0.2, -0.15) is 5.26 Å². The van der Waals surface area contributed by atoms with Crippen LogP contribution < -0.4 is 4.90 Å². The van der Waals surface area contributed by atoms with Gasteiger partial charge in [-0.05, 0) is 31.2 Å². The SMILES string of the molecule is Cc1ccc(C#N)c(N2CCN(Cc3nc4ccccc4[nH]3)CC2)n1. The second kappa shape index (κ2) is 6.54. The van der Waals surface area contributed by atoms with Gasteiger partial charge in [0, 0.05) is 31.9 Å². The summed E-state index contributed by atoms with van der Waals surface area (Å²) in [4.78, 5) is 17.2. The molecule has 6 nitrogen and oxygen atoms in total. The van der Waals surface area contributed by atoms with Crippen LogP contribution in [0, 0.1) is 18.3 Å². The zero-order valence-corrected chi connectivity index (χ0v) is 14.2. The number of nitrogens with zero attached hydrogens (tertiary/aromatic N) is 5. The lowest BCUT2D eigenvalue weighted by Gasteiger charge is -2.35. The van der Waals surface area contributed by atoms with E-state index in [0.717, 1.165) is 61.1 Å². The van der Waals surface area contributed by atoms with Crippen LogP contribution in [0.25, 0.3) is 11.0 Å². The van der Waals surface area contributed by atoms with Crippen molar-refractivity contribution in [1.82, 2.24) is 19.9 Å². The molecular formula is C19H20N6. The molecule has 0 unspecified atom stereocenters. The number of aromatic nitrogens is 3. The standard InChI is InChI=1S/C19H20N6/c1-14-6-7-15(12-20)19(21-14)25-10-8-24(9-11-25)13-18-22-16-4-2-3-5-17(16)23-18/h2-7H,8-11,13H2,1H3,(H,22,23). The first-order chi connectivity index (χ1) is 12.2. The van der Waals surface area contributed by atoms with Gasteiger partial charge in [0.1, 0.15) is 17.7 Å². The van der Waals surface area contributed by atoms with Gasteiger partial charge in [0.15, 0.2) is 0 Å². The van der Waals surface area contributed by atoms with Gasteiger partial charge in [-0.25, -0.2) is 9.97 Å². The van der Waals surface area contributed by atoms with Gasteiger partial charge in [0.2, 0.25) is 0 Å². The fourth-order valence-electron chi connectivity index (χ4n) is 3.28. The van der Waals surface area contributed by atoms with Crippen molar-refractivity contribution in [1.29, 1.82) is 5.26 Å². The van der Waals surface area contributed by atoms with Crippen molar-refractivity contribution in [3.05, 3.63) is 53.5 Å². The van der Waals surface area contributed by atoms with Crippen molar-refractivity contribution >= 4 is 16.9 Å². The number of aryl methyl sites for hydroxylation is 1. The molecule has 0 atom stereocenters. The molecule has 3 heterocycles. The summed E-state index contributed by atoms with van der Waals surface area (Å²) in [5.41, 5.74) is 3.69. The Bertz CT molecular complexity index is 897. The number of imidazole rings is 1. The molecule has 1 aliphatic heterocycles. The van der Waals surface area contributed by atoms with Crippen LogP contribution in [0.2, 0.25) is 0 Å². The minimum atomic E-state index is 0.649. The molecule has 126 valence electrons. The van der Waals surface area contributed by atoms with Crippen molar-refractivity contribution in [2.24, 2.45) is 0 Å². The third-order valence-electron chi connectivity index (χ3n) is 4.62. The van der Waals surface area contributed by atoms with Crippen LogP contribution >= 0.6 is 0 Å². The highest BCUT2D eigenvalue weighted by molar-refractivity contribution is 5.74. The average Bonchev–Trinajstić information content (AvgIpc) is 3.04. The molecular weight excluding hydrogens is 312 g/mol. The summed E-state index contributed by atoms with van der Waals surface area (Å²) < 4.78 is 0. The lowest BCUT2D eigenvalue weighted by atomic mass is 10.2. The third kappa shape index (κ3) is 3.19. The number of anilines is 1. The maximum absolute atomic E-state index is 9.32. The Morgan fingerprint density at radius 1 is 1.08 bits per heavy atom. The van der Waals surface area contributed by atoms with Gasteiger partial charge >= 0.3 is 0 Å². The minimum Gasteiger partial charge on any atom is -0.353 e. The molecule has 0 amide bonds. The Hall–Kier alpha value is -2.91. The number of nitriles is 1. The molecule has 0 radical (unpaired) electrons. The Labute approximate surface area is 146 Å². The first-order valence-electron chi connectivity index (χ1n) is 8.51. The molecule has 6 heteroatoms. The summed E-state index contributed by atoms with van der Waals surface area (Å²) >= 11 is 0. The van der Waals surface area contributed by atoms with Gasteiger partial charge in [-0.3, -0.25) is 4.90 Å². The van der Waals surface area contributed by atoms with E-state index in [4.69, 9.17) is 0 Å². The quantitative estimate of drug-likeness (QED) is 0.798. The number of hydrogen-bond donors (Lipinski definition) is 1. The number of aromatic amines is 1. The van der Waals surface area contributed by atoms with Crippen molar-refractivity contribution in [3.8, 4) is 6.07 Å². The van der Waals surface area contributed by atoms with E-state index in [2.05, 4.69) is 36.9 Å². The molecule has 0 aliphatic carbocycles. The van der Waals surface area contributed by atoms with E-state index in [9.17, 15) is 5.26 Å². The summed E-state index contributed by atoms with van der Waals surface area (Å²) in [6, 6.07) is 14.1. The summed E-state index contributed by atoms with van der Waals surface area (Å²) in [6.07, 6.45) is 0. The zero-order chi connectivity index (χ0) is 17.2. The van der Waals surface area contributed by atoms with E-state index in [-0.39, 0.29) is 0 Å². The largest absolute Gasteiger partial charge is 0.353 e. The van der Waals surface area contributed by atoms with Crippen molar-refractivity contribution in [3.63, 3.8) is 0 Å². The number of piperazine rings is 1. The molecule has 1 aromatic carbocycles. The molecule has 1 N–H and O–H groups in total. The monoisotopic (exact) mass is 332 g/mol. The number of pyridine rings is 1. The third-order valence-corrected chi connectivity index (χ3v) is 4.62. The summed E-state index contributed by atoms with van der Waals surface area (Å²) in [5.74, 6) is 1.81. The van der Waals surface area contributed by atoms with E-state index >= 15 is 0 Å². The topological polar surface area (TPSA) is 71.8 Å². The molecule has 2 aromatic heterocycles. The lowest BCUT2D eigenvalue weighted by molar-refractivity contribution is 0.244. The zero-order valence-electron chi connectivity index (χ0n) is 14.2.